The van der Waals surface area contributed by atoms with E-state index in [1.54, 1.807) is 4.57 Å². The Balaban J connectivity index is 1.34. The largest absolute Gasteiger partial charge is 0.494 e. The van der Waals surface area contributed by atoms with Gasteiger partial charge in [-0.15, -0.1) is 0 Å². The number of nitrogens with zero attached hydrogens (tertiary/aromatic N) is 3. The zero-order valence-corrected chi connectivity index (χ0v) is 18.7. The minimum absolute atomic E-state index is 0.157. The van der Waals surface area contributed by atoms with Crippen LogP contribution in [0.4, 0.5) is 0 Å². The van der Waals surface area contributed by atoms with Crippen molar-refractivity contribution in [2.24, 2.45) is 5.92 Å². The van der Waals surface area contributed by atoms with E-state index in [1.165, 1.54) is 0 Å². The number of para-hydroxylation sites is 1. The fraction of sp³-hybridized carbons (Fsp3) is 0.400. The molecule has 7 heteroatoms. The van der Waals surface area contributed by atoms with Crippen molar-refractivity contribution >= 4 is 5.91 Å². The average Bonchev–Trinajstić information content (AvgIpc) is 3.16. The first kappa shape index (κ1) is 21.9. The quantitative estimate of drug-likeness (QED) is 0.619. The van der Waals surface area contributed by atoms with Gasteiger partial charge in [0.15, 0.2) is 0 Å². The predicted molar refractivity (Wildman–Crippen MR) is 123 cm³/mol. The van der Waals surface area contributed by atoms with Gasteiger partial charge in [0.1, 0.15) is 11.6 Å². The molecular weight excluding hydrogens is 404 g/mol. The molecule has 7 nitrogen and oxygen atoms in total. The summed E-state index contributed by atoms with van der Waals surface area (Å²) in [4.78, 5) is 27.1. The summed E-state index contributed by atoms with van der Waals surface area (Å²) < 4.78 is 7.14. The Labute approximate surface area is 188 Å². The second-order valence-electron chi connectivity index (χ2n) is 8.35. The Kier molecular flexibility index (Phi) is 6.73. The lowest BCUT2D eigenvalue weighted by Crippen LogP contribution is -2.40. The maximum Gasteiger partial charge on any atom is 0.347 e. The molecule has 0 atom stereocenters. The molecule has 1 saturated heterocycles. The maximum absolute atomic E-state index is 12.8. The zero-order chi connectivity index (χ0) is 22.5. The van der Waals surface area contributed by atoms with Crippen LogP contribution in [-0.4, -0.2) is 45.3 Å². The molecule has 2 aromatic carbocycles. The first-order chi connectivity index (χ1) is 15.5. The Morgan fingerprint density at radius 2 is 1.84 bits per heavy atom. The van der Waals surface area contributed by atoms with Crippen LogP contribution in [0.1, 0.15) is 36.7 Å². The highest BCUT2D eigenvalue weighted by atomic mass is 16.5. The molecule has 1 fully saturated rings. The summed E-state index contributed by atoms with van der Waals surface area (Å²) in [6.45, 7) is 6.05. The van der Waals surface area contributed by atoms with Gasteiger partial charge < -0.3 is 9.64 Å². The summed E-state index contributed by atoms with van der Waals surface area (Å²) in [5.41, 5.74) is 2.69. The molecule has 1 aliphatic heterocycles. The molecule has 0 saturated carbocycles. The van der Waals surface area contributed by atoms with Crippen LogP contribution in [0.5, 0.6) is 5.75 Å². The number of carbonyl (C=O) groups is 1. The van der Waals surface area contributed by atoms with Crippen LogP contribution in [0.3, 0.4) is 0 Å². The van der Waals surface area contributed by atoms with Crippen LogP contribution in [0.2, 0.25) is 0 Å². The van der Waals surface area contributed by atoms with Crippen molar-refractivity contribution in [3.8, 4) is 11.4 Å². The number of carbonyl (C=O) groups excluding carboxylic acids is 1. The number of hydrogen-bond donors (Lipinski definition) is 1. The van der Waals surface area contributed by atoms with Crippen molar-refractivity contribution in [1.82, 2.24) is 19.7 Å². The van der Waals surface area contributed by atoms with Crippen LogP contribution in [-0.2, 0) is 17.6 Å². The summed E-state index contributed by atoms with van der Waals surface area (Å²) in [5, 5.41) is 6.89. The van der Waals surface area contributed by atoms with Crippen molar-refractivity contribution in [2.75, 3.05) is 19.7 Å². The van der Waals surface area contributed by atoms with Crippen LogP contribution >= 0.6 is 0 Å². The number of H-pyrrole nitrogens is 1. The average molecular weight is 435 g/mol. The van der Waals surface area contributed by atoms with Crippen molar-refractivity contribution in [2.45, 2.75) is 39.5 Å². The van der Waals surface area contributed by atoms with Crippen molar-refractivity contribution < 1.29 is 9.53 Å². The molecular formula is C25H30N4O3. The van der Waals surface area contributed by atoms with Gasteiger partial charge in [-0.3, -0.25) is 4.79 Å². The standard InChI is InChI=1S/C25H30N4O3/c1-3-32-21-10-8-19(9-11-21)17-24(30)28-14-12-20(13-15-28)16-23-26-27-25(31)29(23)22-7-5-4-6-18(22)2/h4-11,20H,3,12-17H2,1-2H3,(H,27,31). The van der Waals surface area contributed by atoms with Gasteiger partial charge in [-0.1, -0.05) is 30.3 Å². The molecule has 0 unspecified atom stereocenters. The minimum atomic E-state index is -0.211. The summed E-state index contributed by atoms with van der Waals surface area (Å²) in [6.07, 6.45) is 2.94. The van der Waals surface area contributed by atoms with E-state index in [9.17, 15) is 9.59 Å². The molecule has 1 N–H and O–H groups in total. The van der Waals surface area contributed by atoms with E-state index < -0.39 is 0 Å². The summed E-state index contributed by atoms with van der Waals surface area (Å²) in [5.74, 6) is 2.13. The second kappa shape index (κ2) is 9.85. The SMILES string of the molecule is CCOc1ccc(CC(=O)N2CCC(Cc3n[nH]c(=O)n3-c3ccccc3C)CC2)cc1. The van der Waals surface area contributed by atoms with Crippen molar-refractivity contribution in [3.63, 3.8) is 0 Å². The Morgan fingerprint density at radius 1 is 1.12 bits per heavy atom. The Morgan fingerprint density at radius 3 is 2.53 bits per heavy atom. The fourth-order valence-electron chi connectivity index (χ4n) is 4.33. The number of likely N-dealkylation sites (tertiary alicyclic amines) is 1. The number of aryl methyl sites for hydroxylation is 1. The molecule has 32 heavy (non-hydrogen) atoms. The molecule has 168 valence electrons. The van der Waals surface area contributed by atoms with E-state index in [2.05, 4.69) is 10.2 Å². The van der Waals surface area contributed by atoms with Gasteiger partial charge in [0.25, 0.3) is 0 Å². The van der Waals surface area contributed by atoms with Gasteiger partial charge in [0, 0.05) is 19.5 Å². The Hall–Kier alpha value is -3.35. The number of aromatic nitrogens is 3. The molecule has 1 amide bonds. The topological polar surface area (TPSA) is 80.2 Å². The second-order valence-corrected chi connectivity index (χ2v) is 8.35. The molecule has 1 aliphatic rings. The van der Waals surface area contributed by atoms with Gasteiger partial charge >= 0.3 is 5.69 Å². The van der Waals surface area contributed by atoms with Crippen LogP contribution in [0, 0.1) is 12.8 Å². The lowest BCUT2D eigenvalue weighted by Gasteiger charge is -2.32. The number of amides is 1. The predicted octanol–water partition coefficient (Wildman–Crippen LogP) is 3.29. The van der Waals surface area contributed by atoms with Crippen LogP contribution < -0.4 is 10.4 Å². The third-order valence-electron chi connectivity index (χ3n) is 6.13. The molecule has 0 bridgehead atoms. The number of aromatic amines is 1. The van der Waals surface area contributed by atoms with Crippen LogP contribution in [0.25, 0.3) is 5.69 Å². The van der Waals surface area contributed by atoms with E-state index >= 15 is 0 Å². The normalized spacial score (nSPS) is 14.5. The number of ether oxygens (including phenoxy) is 1. The highest BCUT2D eigenvalue weighted by molar-refractivity contribution is 5.78. The van der Waals surface area contributed by atoms with Gasteiger partial charge in [-0.25, -0.2) is 14.5 Å². The number of benzene rings is 2. The van der Waals surface area contributed by atoms with E-state index in [0.29, 0.717) is 25.4 Å². The molecule has 3 aromatic rings. The fourth-order valence-corrected chi connectivity index (χ4v) is 4.33. The number of hydrogen-bond acceptors (Lipinski definition) is 4. The lowest BCUT2D eigenvalue weighted by molar-refractivity contribution is -0.131. The van der Waals surface area contributed by atoms with E-state index in [0.717, 1.165) is 54.3 Å². The monoisotopic (exact) mass is 434 g/mol. The van der Waals surface area contributed by atoms with Crippen LogP contribution in [0.15, 0.2) is 53.3 Å². The first-order valence-electron chi connectivity index (χ1n) is 11.3. The summed E-state index contributed by atoms with van der Waals surface area (Å²) in [6, 6.07) is 15.6. The number of piperidine rings is 1. The summed E-state index contributed by atoms with van der Waals surface area (Å²) in [7, 11) is 0. The number of nitrogens with one attached hydrogen (secondary N) is 1. The first-order valence-corrected chi connectivity index (χ1v) is 11.3. The molecule has 0 radical (unpaired) electrons. The van der Waals surface area contributed by atoms with Gasteiger partial charge in [0.2, 0.25) is 5.91 Å². The van der Waals surface area contributed by atoms with Crippen molar-refractivity contribution in [1.29, 1.82) is 0 Å². The highest BCUT2D eigenvalue weighted by Crippen LogP contribution is 2.23. The molecule has 4 rings (SSSR count). The molecule has 1 aromatic heterocycles. The third-order valence-corrected chi connectivity index (χ3v) is 6.13. The van der Waals surface area contributed by atoms with Gasteiger partial charge in [-0.2, -0.15) is 5.10 Å². The Bertz CT molecular complexity index is 1110. The number of rotatable bonds is 7. The van der Waals surface area contributed by atoms with Gasteiger partial charge in [-0.05, 0) is 61.9 Å². The molecule has 0 spiro atoms. The van der Waals surface area contributed by atoms with E-state index in [4.69, 9.17) is 4.74 Å². The third kappa shape index (κ3) is 4.93. The van der Waals surface area contributed by atoms with Gasteiger partial charge in [0.05, 0.1) is 18.7 Å². The highest BCUT2D eigenvalue weighted by Gasteiger charge is 2.25. The minimum Gasteiger partial charge on any atom is -0.494 e. The molecule has 0 aliphatic carbocycles. The van der Waals surface area contributed by atoms with E-state index in [-0.39, 0.29) is 11.6 Å². The maximum atomic E-state index is 12.8. The lowest BCUT2D eigenvalue weighted by atomic mass is 9.92. The smallest absolute Gasteiger partial charge is 0.347 e. The molecule has 2 heterocycles. The zero-order valence-electron chi connectivity index (χ0n) is 18.7. The van der Waals surface area contributed by atoms with Crippen molar-refractivity contribution in [3.05, 3.63) is 76.0 Å². The van der Waals surface area contributed by atoms with E-state index in [1.807, 2.05) is 67.3 Å². The summed E-state index contributed by atoms with van der Waals surface area (Å²) >= 11 is 0.